The van der Waals surface area contributed by atoms with Gasteiger partial charge in [-0.3, -0.25) is 4.79 Å². The Labute approximate surface area is 193 Å². The van der Waals surface area contributed by atoms with Crippen molar-refractivity contribution in [2.24, 2.45) is 4.99 Å². The van der Waals surface area contributed by atoms with Crippen molar-refractivity contribution in [2.45, 2.75) is 13.3 Å². The molecule has 0 radical (unpaired) electrons. The van der Waals surface area contributed by atoms with E-state index in [1.165, 1.54) is 4.88 Å². The number of benzene rings is 1. The van der Waals surface area contributed by atoms with Crippen LogP contribution in [0.4, 0.5) is 5.82 Å². The molecule has 0 aliphatic carbocycles. The summed E-state index contributed by atoms with van der Waals surface area (Å²) in [6, 6.07) is 11.7. The van der Waals surface area contributed by atoms with Gasteiger partial charge in [0.1, 0.15) is 5.82 Å². The first-order valence-electron chi connectivity index (χ1n) is 10.5. The van der Waals surface area contributed by atoms with E-state index < -0.39 is 0 Å². The molecular formula is C24H30N6OS. The Balaban J connectivity index is 1.70. The van der Waals surface area contributed by atoms with E-state index in [9.17, 15) is 4.79 Å². The number of hydrogen-bond acceptors (Lipinski definition) is 6. The van der Waals surface area contributed by atoms with Crippen LogP contribution < -0.4 is 10.6 Å². The van der Waals surface area contributed by atoms with Crippen molar-refractivity contribution in [3.8, 4) is 11.1 Å². The average Bonchev–Trinajstić information content (AvgIpc) is 3.46. The normalized spacial score (nSPS) is 11.6. The lowest BCUT2D eigenvalue weighted by Crippen LogP contribution is -2.31. The fourth-order valence-electron chi connectivity index (χ4n) is 3.24. The second-order valence-corrected chi connectivity index (χ2v) is 8.55. The molecule has 0 spiro atoms. The Bertz CT molecular complexity index is 1050. The standard InChI is InChI=1S/C24H30N6OS/c1-5-22(26-13-12-20-7-6-16-32-20)30-23(25-2)21(17-28-30)18-8-10-19(11-9-18)24(31)27-14-15-29(3)4/h5-11,16-17,26H,2,12-15H2,1,3-4H3,(H,27,31)/b22-5-. The maximum absolute atomic E-state index is 12.3. The molecule has 0 unspecified atom stereocenters. The van der Waals surface area contributed by atoms with E-state index in [0.29, 0.717) is 17.9 Å². The number of likely N-dealkylation sites (N-methyl/N-ethyl adjacent to an activating group) is 1. The van der Waals surface area contributed by atoms with Crippen LogP contribution in [0.5, 0.6) is 0 Å². The zero-order chi connectivity index (χ0) is 22.9. The molecule has 0 aliphatic heterocycles. The molecule has 0 fully saturated rings. The predicted octanol–water partition coefficient (Wildman–Crippen LogP) is 3.89. The molecule has 1 aromatic carbocycles. The van der Waals surface area contributed by atoms with Crippen LogP contribution in [-0.4, -0.2) is 61.0 Å². The zero-order valence-electron chi connectivity index (χ0n) is 18.8. The maximum atomic E-state index is 12.3. The summed E-state index contributed by atoms with van der Waals surface area (Å²) in [6.07, 6.45) is 4.69. The summed E-state index contributed by atoms with van der Waals surface area (Å²) in [4.78, 5) is 19.9. The van der Waals surface area contributed by atoms with Crippen molar-refractivity contribution in [1.82, 2.24) is 25.3 Å². The van der Waals surface area contributed by atoms with Gasteiger partial charge in [0.25, 0.3) is 5.91 Å². The molecule has 0 aliphatic rings. The second kappa shape index (κ2) is 11.4. The van der Waals surface area contributed by atoms with Gasteiger partial charge in [0.15, 0.2) is 5.82 Å². The van der Waals surface area contributed by atoms with Crippen LogP contribution in [0.3, 0.4) is 0 Å². The summed E-state index contributed by atoms with van der Waals surface area (Å²) in [5.74, 6) is 1.43. The zero-order valence-corrected chi connectivity index (χ0v) is 19.7. The van der Waals surface area contributed by atoms with Gasteiger partial charge in [-0.15, -0.1) is 11.3 Å². The van der Waals surface area contributed by atoms with Gasteiger partial charge >= 0.3 is 0 Å². The Morgan fingerprint density at radius 3 is 2.62 bits per heavy atom. The highest BCUT2D eigenvalue weighted by Gasteiger charge is 2.15. The highest BCUT2D eigenvalue weighted by atomic mass is 32.1. The molecule has 8 heteroatoms. The van der Waals surface area contributed by atoms with Crippen molar-refractivity contribution in [3.05, 3.63) is 64.5 Å². The smallest absolute Gasteiger partial charge is 0.251 e. The Morgan fingerprint density at radius 2 is 2.00 bits per heavy atom. The lowest BCUT2D eigenvalue weighted by molar-refractivity contribution is 0.0951. The average molecular weight is 451 g/mol. The third-order valence-electron chi connectivity index (χ3n) is 4.96. The highest BCUT2D eigenvalue weighted by Crippen LogP contribution is 2.31. The van der Waals surface area contributed by atoms with Gasteiger partial charge in [0, 0.05) is 35.6 Å². The quantitative estimate of drug-likeness (QED) is 0.435. The minimum Gasteiger partial charge on any atom is -0.370 e. The van der Waals surface area contributed by atoms with Crippen molar-refractivity contribution in [1.29, 1.82) is 0 Å². The number of nitrogens with zero attached hydrogens (tertiary/aromatic N) is 4. The number of carbonyl (C=O) groups is 1. The van der Waals surface area contributed by atoms with E-state index in [0.717, 1.165) is 36.5 Å². The lowest BCUT2D eigenvalue weighted by Gasteiger charge is -2.12. The molecule has 32 heavy (non-hydrogen) atoms. The van der Waals surface area contributed by atoms with Gasteiger partial charge < -0.3 is 15.5 Å². The maximum Gasteiger partial charge on any atom is 0.251 e. The van der Waals surface area contributed by atoms with Gasteiger partial charge in [0.2, 0.25) is 0 Å². The van der Waals surface area contributed by atoms with Crippen LogP contribution in [0.2, 0.25) is 0 Å². The molecule has 2 N–H and O–H groups in total. The molecule has 7 nitrogen and oxygen atoms in total. The number of hydrogen-bond donors (Lipinski definition) is 2. The van der Waals surface area contributed by atoms with Crippen molar-refractivity contribution in [3.63, 3.8) is 0 Å². The molecule has 3 rings (SSSR count). The van der Waals surface area contributed by atoms with E-state index in [1.54, 1.807) is 22.2 Å². The Hall–Kier alpha value is -3.23. The molecule has 0 saturated carbocycles. The molecule has 1 amide bonds. The monoisotopic (exact) mass is 450 g/mol. The summed E-state index contributed by atoms with van der Waals surface area (Å²) in [6.45, 7) is 7.91. The number of allylic oxidation sites excluding steroid dienone is 1. The third-order valence-corrected chi connectivity index (χ3v) is 5.89. The Kier molecular flexibility index (Phi) is 8.35. The molecule has 0 bridgehead atoms. The summed E-state index contributed by atoms with van der Waals surface area (Å²) in [5.41, 5.74) is 2.41. The van der Waals surface area contributed by atoms with E-state index in [4.69, 9.17) is 0 Å². The van der Waals surface area contributed by atoms with Crippen LogP contribution >= 0.6 is 11.3 Å². The summed E-state index contributed by atoms with van der Waals surface area (Å²) >= 11 is 1.75. The van der Waals surface area contributed by atoms with E-state index in [2.05, 4.69) is 45.0 Å². The van der Waals surface area contributed by atoms with E-state index in [-0.39, 0.29) is 5.91 Å². The minimum absolute atomic E-state index is 0.0812. The van der Waals surface area contributed by atoms with E-state index >= 15 is 0 Å². The molecule has 0 saturated heterocycles. The Morgan fingerprint density at radius 1 is 1.22 bits per heavy atom. The minimum atomic E-state index is -0.0812. The first-order chi connectivity index (χ1) is 15.5. The van der Waals surface area contributed by atoms with Crippen LogP contribution in [0, 0.1) is 0 Å². The largest absolute Gasteiger partial charge is 0.370 e. The number of rotatable bonds is 11. The molecular weight excluding hydrogens is 420 g/mol. The van der Waals surface area contributed by atoms with Crippen molar-refractivity contribution < 1.29 is 4.79 Å². The summed E-state index contributed by atoms with van der Waals surface area (Å²) in [7, 11) is 3.95. The number of aromatic nitrogens is 2. The fraction of sp³-hybridized carbons (Fsp3) is 0.292. The lowest BCUT2D eigenvalue weighted by atomic mass is 10.1. The van der Waals surface area contributed by atoms with Gasteiger partial charge in [-0.25, -0.2) is 4.99 Å². The topological polar surface area (TPSA) is 74.5 Å². The van der Waals surface area contributed by atoms with Crippen molar-refractivity contribution >= 4 is 35.6 Å². The molecule has 168 valence electrons. The van der Waals surface area contributed by atoms with Gasteiger partial charge in [-0.2, -0.15) is 9.78 Å². The first kappa shape index (κ1) is 23.4. The summed E-state index contributed by atoms with van der Waals surface area (Å²) in [5, 5.41) is 13.0. The third kappa shape index (κ3) is 5.93. The second-order valence-electron chi connectivity index (χ2n) is 7.52. The van der Waals surface area contributed by atoms with Gasteiger partial charge in [-0.05, 0) is 69.4 Å². The van der Waals surface area contributed by atoms with Gasteiger partial charge in [-0.1, -0.05) is 18.2 Å². The fourth-order valence-corrected chi connectivity index (χ4v) is 3.95. The van der Waals surface area contributed by atoms with Crippen LogP contribution in [0.15, 0.2) is 59.0 Å². The number of nitrogens with one attached hydrogen (secondary N) is 2. The first-order valence-corrected chi connectivity index (χ1v) is 11.4. The number of carbonyl (C=O) groups excluding carboxylic acids is 1. The molecule has 2 heterocycles. The predicted molar refractivity (Wildman–Crippen MR) is 134 cm³/mol. The molecule has 3 aromatic rings. The van der Waals surface area contributed by atoms with Crippen LogP contribution in [-0.2, 0) is 6.42 Å². The number of amides is 1. The highest BCUT2D eigenvalue weighted by molar-refractivity contribution is 7.09. The summed E-state index contributed by atoms with van der Waals surface area (Å²) < 4.78 is 1.76. The van der Waals surface area contributed by atoms with E-state index in [1.807, 2.05) is 56.3 Å². The SMILES string of the molecule is C=Nc1c(-c2ccc(C(=O)NCCN(C)C)cc2)cnn1/C(=C\C)NCCc1cccs1. The number of thiophene rings is 1. The molecule has 2 aromatic heterocycles. The number of aliphatic imine (C=N–C) groups is 1. The van der Waals surface area contributed by atoms with Crippen LogP contribution in [0.1, 0.15) is 22.2 Å². The molecule has 0 atom stereocenters. The van der Waals surface area contributed by atoms with Crippen molar-refractivity contribution in [2.75, 3.05) is 33.7 Å². The van der Waals surface area contributed by atoms with Crippen LogP contribution in [0.25, 0.3) is 16.9 Å². The van der Waals surface area contributed by atoms with Gasteiger partial charge in [0.05, 0.1) is 6.20 Å².